The van der Waals surface area contributed by atoms with Crippen LogP contribution in [0, 0.1) is 0 Å². The smallest absolute Gasteiger partial charge is 0.227 e. The van der Waals surface area contributed by atoms with Gasteiger partial charge in [0.25, 0.3) is 0 Å². The molecule has 156 valence electrons. The minimum atomic E-state index is 0.0702. The summed E-state index contributed by atoms with van der Waals surface area (Å²) >= 11 is 0. The number of methoxy groups -OCH3 is 4. The van der Waals surface area contributed by atoms with Gasteiger partial charge in [-0.15, -0.1) is 0 Å². The van der Waals surface area contributed by atoms with E-state index in [0.717, 1.165) is 30.1 Å². The number of carbonyl (C=O) groups excluding carboxylic acids is 1. The molecule has 1 fully saturated rings. The predicted octanol–water partition coefficient (Wildman–Crippen LogP) is 2.61. The third kappa shape index (κ3) is 4.50. The number of benzene rings is 2. The molecule has 0 aliphatic carbocycles. The van der Waals surface area contributed by atoms with E-state index in [-0.39, 0.29) is 12.3 Å². The maximum atomic E-state index is 12.9. The van der Waals surface area contributed by atoms with Gasteiger partial charge in [-0.05, 0) is 18.2 Å². The van der Waals surface area contributed by atoms with Gasteiger partial charge in [-0.3, -0.25) is 4.79 Å². The Morgan fingerprint density at radius 1 is 0.862 bits per heavy atom. The number of piperazine rings is 1. The van der Waals surface area contributed by atoms with Crippen molar-refractivity contribution in [2.75, 3.05) is 59.5 Å². The fourth-order valence-corrected chi connectivity index (χ4v) is 3.60. The third-order valence-corrected chi connectivity index (χ3v) is 5.18. The van der Waals surface area contributed by atoms with E-state index in [0.29, 0.717) is 30.3 Å². The lowest BCUT2D eigenvalue weighted by Gasteiger charge is -2.36. The zero-order valence-corrected chi connectivity index (χ0v) is 17.4. The largest absolute Gasteiger partial charge is 0.497 e. The average molecular weight is 400 g/mol. The molecule has 1 amide bonds. The van der Waals surface area contributed by atoms with Crippen molar-refractivity contribution < 1.29 is 23.7 Å². The summed E-state index contributed by atoms with van der Waals surface area (Å²) in [5.41, 5.74) is 1.89. The van der Waals surface area contributed by atoms with Crippen LogP contribution >= 0.6 is 0 Å². The first-order valence-corrected chi connectivity index (χ1v) is 9.55. The van der Waals surface area contributed by atoms with Gasteiger partial charge < -0.3 is 28.7 Å². The summed E-state index contributed by atoms with van der Waals surface area (Å²) in [7, 11) is 6.37. The van der Waals surface area contributed by atoms with Gasteiger partial charge in [0.05, 0.1) is 34.9 Å². The Labute approximate surface area is 171 Å². The number of anilines is 1. The molecular weight excluding hydrogens is 372 g/mol. The summed E-state index contributed by atoms with van der Waals surface area (Å²) in [6, 6.07) is 11.6. The molecule has 2 aromatic carbocycles. The molecule has 7 nitrogen and oxygen atoms in total. The molecule has 0 radical (unpaired) electrons. The van der Waals surface area contributed by atoms with E-state index in [4.69, 9.17) is 18.9 Å². The van der Waals surface area contributed by atoms with Crippen molar-refractivity contribution in [3.63, 3.8) is 0 Å². The summed E-state index contributed by atoms with van der Waals surface area (Å²) in [6.45, 7) is 2.90. The van der Waals surface area contributed by atoms with Crippen molar-refractivity contribution in [1.82, 2.24) is 4.90 Å². The van der Waals surface area contributed by atoms with Gasteiger partial charge in [0.2, 0.25) is 11.7 Å². The van der Waals surface area contributed by atoms with E-state index in [1.54, 1.807) is 34.5 Å². The highest BCUT2D eigenvalue weighted by Gasteiger charge is 2.24. The first-order chi connectivity index (χ1) is 14.1. The van der Waals surface area contributed by atoms with Gasteiger partial charge >= 0.3 is 0 Å². The van der Waals surface area contributed by atoms with Crippen LogP contribution in [0.4, 0.5) is 5.69 Å². The number of rotatable bonds is 7. The lowest BCUT2D eigenvalue weighted by Crippen LogP contribution is -2.49. The topological polar surface area (TPSA) is 60.5 Å². The van der Waals surface area contributed by atoms with Crippen molar-refractivity contribution in [3.05, 3.63) is 42.0 Å². The number of nitrogens with zero attached hydrogens (tertiary/aromatic N) is 2. The van der Waals surface area contributed by atoms with E-state index in [1.807, 2.05) is 29.2 Å². The molecule has 0 spiro atoms. The SMILES string of the molecule is COc1cccc(N2CCN(C(=O)Cc3ccc(OC)c(OC)c3OC)CC2)c1. The van der Waals surface area contributed by atoms with Crippen LogP contribution in [0.15, 0.2) is 36.4 Å². The van der Waals surface area contributed by atoms with Crippen LogP contribution in [0.5, 0.6) is 23.0 Å². The normalized spacial score (nSPS) is 13.8. The van der Waals surface area contributed by atoms with Gasteiger partial charge in [0.15, 0.2) is 11.5 Å². The first kappa shape index (κ1) is 20.6. The Morgan fingerprint density at radius 3 is 2.21 bits per heavy atom. The van der Waals surface area contributed by atoms with Crippen LogP contribution in [-0.4, -0.2) is 65.4 Å². The van der Waals surface area contributed by atoms with Gasteiger partial charge in [-0.1, -0.05) is 12.1 Å². The van der Waals surface area contributed by atoms with Crippen molar-refractivity contribution in [1.29, 1.82) is 0 Å². The van der Waals surface area contributed by atoms with Crippen molar-refractivity contribution in [2.24, 2.45) is 0 Å². The Bertz CT molecular complexity index is 847. The van der Waals surface area contributed by atoms with Gasteiger partial charge in [0, 0.05) is 43.5 Å². The molecule has 0 aromatic heterocycles. The lowest BCUT2D eigenvalue weighted by molar-refractivity contribution is -0.130. The van der Waals surface area contributed by atoms with Crippen molar-refractivity contribution >= 4 is 11.6 Å². The Balaban J connectivity index is 1.66. The summed E-state index contributed by atoms with van der Waals surface area (Å²) in [5, 5.41) is 0. The molecule has 1 saturated heterocycles. The van der Waals surface area contributed by atoms with E-state index in [2.05, 4.69) is 11.0 Å². The minimum absolute atomic E-state index is 0.0702. The molecule has 1 aliphatic rings. The summed E-state index contributed by atoms with van der Waals surface area (Å²) in [4.78, 5) is 17.1. The average Bonchev–Trinajstić information content (AvgIpc) is 2.78. The van der Waals surface area contributed by atoms with E-state index >= 15 is 0 Å². The standard InChI is InChI=1S/C22H28N2O5/c1-26-18-7-5-6-17(15-18)23-10-12-24(13-11-23)20(25)14-16-8-9-19(27-2)22(29-4)21(16)28-3/h5-9,15H,10-14H2,1-4H3. The molecule has 1 heterocycles. The molecule has 2 aromatic rings. The fraction of sp³-hybridized carbons (Fsp3) is 0.409. The zero-order valence-electron chi connectivity index (χ0n) is 17.4. The number of carbonyl (C=O) groups is 1. The molecular formula is C22H28N2O5. The molecule has 3 rings (SSSR count). The number of hydrogen-bond acceptors (Lipinski definition) is 6. The van der Waals surface area contributed by atoms with Gasteiger partial charge in [0.1, 0.15) is 5.75 Å². The Morgan fingerprint density at radius 2 is 1.59 bits per heavy atom. The second-order valence-corrected chi connectivity index (χ2v) is 6.74. The molecule has 7 heteroatoms. The Kier molecular flexibility index (Phi) is 6.69. The number of ether oxygens (including phenoxy) is 4. The van der Waals surface area contributed by atoms with Crippen LogP contribution in [-0.2, 0) is 11.2 Å². The zero-order chi connectivity index (χ0) is 20.8. The monoisotopic (exact) mass is 400 g/mol. The number of amides is 1. The highest BCUT2D eigenvalue weighted by molar-refractivity contribution is 5.80. The summed E-state index contributed by atoms with van der Waals surface area (Å²) in [6.07, 6.45) is 0.253. The second-order valence-electron chi connectivity index (χ2n) is 6.74. The van der Waals surface area contributed by atoms with Crippen LogP contribution in [0.1, 0.15) is 5.56 Å². The van der Waals surface area contributed by atoms with Crippen LogP contribution in [0.2, 0.25) is 0 Å². The van der Waals surface area contributed by atoms with Crippen molar-refractivity contribution in [3.8, 4) is 23.0 Å². The van der Waals surface area contributed by atoms with Crippen LogP contribution in [0.3, 0.4) is 0 Å². The van der Waals surface area contributed by atoms with Crippen LogP contribution < -0.4 is 23.8 Å². The highest BCUT2D eigenvalue weighted by atomic mass is 16.5. The molecule has 0 bridgehead atoms. The van der Waals surface area contributed by atoms with E-state index in [1.165, 1.54) is 0 Å². The molecule has 29 heavy (non-hydrogen) atoms. The summed E-state index contributed by atoms with van der Waals surface area (Å²) < 4.78 is 21.5. The van der Waals surface area contributed by atoms with Crippen molar-refractivity contribution in [2.45, 2.75) is 6.42 Å². The predicted molar refractivity (Wildman–Crippen MR) is 112 cm³/mol. The molecule has 1 aliphatic heterocycles. The third-order valence-electron chi connectivity index (χ3n) is 5.18. The van der Waals surface area contributed by atoms with E-state index < -0.39 is 0 Å². The second kappa shape index (κ2) is 9.41. The van der Waals surface area contributed by atoms with E-state index in [9.17, 15) is 4.79 Å². The Hall–Kier alpha value is -3.09. The fourth-order valence-electron chi connectivity index (χ4n) is 3.60. The molecule has 0 atom stereocenters. The highest BCUT2D eigenvalue weighted by Crippen LogP contribution is 2.40. The molecule has 0 unspecified atom stereocenters. The maximum absolute atomic E-state index is 12.9. The molecule has 0 saturated carbocycles. The number of hydrogen-bond donors (Lipinski definition) is 0. The van der Waals surface area contributed by atoms with Crippen LogP contribution in [0.25, 0.3) is 0 Å². The maximum Gasteiger partial charge on any atom is 0.227 e. The quantitative estimate of drug-likeness (QED) is 0.712. The summed E-state index contributed by atoms with van der Waals surface area (Å²) in [5.74, 6) is 2.52. The first-order valence-electron chi connectivity index (χ1n) is 9.55. The minimum Gasteiger partial charge on any atom is -0.497 e. The van der Waals surface area contributed by atoms with Gasteiger partial charge in [-0.2, -0.15) is 0 Å². The lowest BCUT2D eigenvalue weighted by atomic mass is 10.1. The molecule has 0 N–H and O–H groups in total. The van der Waals surface area contributed by atoms with Gasteiger partial charge in [-0.25, -0.2) is 0 Å².